The van der Waals surface area contributed by atoms with Gasteiger partial charge < -0.3 is 9.84 Å². The maximum absolute atomic E-state index is 10.0. The molecule has 0 spiro atoms. The third-order valence-corrected chi connectivity index (χ3v) is 4.77. The lowest BCUT2D eigenvalue weighted by Gasteiger charge is -2.37. The van der Waals surface area contributed by atoms with Gasteiger partial charge in [-0.25, -0.2) is 0 Å². The van der Waals surface area contributed by atoms with Crippen LogP contribution in [0, 0.1) is 5.92 Å². The molecule has 3 nitrogen and oxygen atoms in total. The van der Waals surface area contributed by atoms with Crippen molar-refractivity contribution in [2.45, 2.75) is 44.7 Å². The van der Waals surface area contributed by atoms with E-state index in [1.165, 1.54) is 32.1 Å². The van der Waals surface area contributed by atoms with E-state index in [2.05, 4.69) is 4.90 Å². The first-order chi connectivity index (χ1) is 9.28. The van der Waals surface area contributed by atoms with Crippen LogP contribution < -0.4 is 4.74 Å². The molecule has 3 heteroatoms. The van der Waals surface area contributed by atoms with E-state index in [0.29, 0.717) is 5.75 Å². The first-order valence-corrected chi connectivity index (χ1v) is 7.38. The minimum atomic E-state index is 0.390. The van der Waals surface area contributed by atoms with Crippen LogP contribution in [0.5, 0.6) is 11.5 Å². The molecule has 1 aliphatic heterocycles. The van der Waals surface area contributed by atoms with Gasteiger partial charge in [-0.3, -0.25) is 4.90 Å². The summed E-state index contributed by atoms with van der Waals surface area (Å²) >= 11 is 0. The van der Waals surface area contributed by atoms with Crippen LogP contribution in [0.15, 0.2) is 18.2 Å². The number of phenols is 1. The summed E-state index contributed by atoms with van der Waals surface area (Å²) in [6.45, 7) is 2.02. The number of aromatic hydroxyl groups is 1. The lowest BCUT2D eigenvalue weighted by atomic mass is 9.91. The van der Waals surface area contributed by atoms with E-state index in [-0.39, 0.29) is 0 Å². The standard InChI is InChI=1S/C16H23NO2/c1-19-14-7-8-16(18)13(10-14)11-17-9-3-5-12-4-2-6-15(12)17/h7-8,10,12,15,18H,2-6,9,11H2,1H3. The third-order valence-electron chi connectivity index (χ3n) is 4.77. The van der Waals surface area contributed by atoms with Gasteiger partial charge in [-0.1, -0.05) is 6.42 Å². The first kappa shape index (κ1) is 12.8. The van der Waals surface area contributed by atoms with Crippen molar-refractivity contribution in [3.05, 3.63) is 23.8 Å². The van der Waals surface area contributed by atoms with E-state index in [0.717, 1.165) is 36.4 Å². The molecule has 3 rings (SSSR count). The third kappa shape index (κ3) is 2.57. The summed E-state index contributed by atoms with van der Waals surface area (Å²) in [7, 11) is 1.67. The van der Waals surface area contributed by atoms with E-state index in [4.69, 9.17) is 4.74 Å². The highest BCUT2D eigenvalue weighted by molar-refractivity contribution is 5.39. The van der Waals surface area contributed by atoms with Gasteiger partial charge in [0.25, 0.3) is 0 Å². The molecule has 19 heavy (non-hydrogen) atoms. The first-order valence-electron chi connectivity index (χ1n) is 7.38. The number of piperidine rings is 1. The van der Waals surface area contributed by atoms with Crippen LogP contribution in [0.25, 0.3) is 0 Å². The maximum atomic E-state index is 10.0. The number of methoxy groups -OCH3 is 1. The highest BCUT2D eigenvalue weighted by Crippen LogP contribution is 2.38. The minimum absolute atomic E-state index is 0.390. The van der Waals surface area contributed by atoms with E-state index in [9.17, 15) is 5.11 Å². The van der Waals surface area contributed by atoms with Gasteiger partial charge in [-0.05, 0) is 56.3 Å². The van der Waals surface area contributed by atoms with Gasteiger partial charge in [0.05, 0.1) is 7.11 Å². The molecule has 2 unspecified atom stereocenters. The van der Waals surface area contributed by atoms with Crippen LogP contribution in [0.1, 0.15) is 37.7 Å². The van der Waals surface area contributed by atoms with Gasteiger partial charge in [0.1, 0.15) is 11.5 Å². The summed E-state index contributed by atoms with van der Waals surface area (Å²) in [5, 5.41) is 10.0. The van der Waals surface area contributed by atoms with E-state index >= 15 is 0 Å². The van der Waals surface area contributed by atoms with Crippen LogP contribution in [0.3, 0.4) is 0 Å². The Morgan fingerprint density at radius 3 is 2.95 bits per heavy atom. The molecule has 0 amide bonds. The zero-order valence-corrected chi connectivity index (χ0v) is 11.6. The average Bonchev–Trinajstić information content (AvgIpc) is 2.90. The zero-order valence-electron chi connectivity index (χ0n) is 11.6. The Morgan fingerprint density at radius 2 is 2.11 bits per heavy atom. The van der Waals surface area contributed by atoms with E-state index < -0.39 is 0 Å². The molecule has 1 aromatic carbocycles. The molecule has 104 valence electrons. The summed E-state index contributed by atoms with van der Waals surface area (Å²) in [4.78, 5) is 2.57. The number of benzene rings is 1. The predicted molar refractivity (Wildman–Crippen MR) is 75.4 cm³/mol. The van der Waals surface area contributed by atoms with Crippen molar-refractivity contribution >= 4 is 0 Å². The Balaban J connectivity index is 1.76. The number of ether oxygens (including phenoxy) is 1. The minimum Gasteiger partial charge on any atom is -0.508 e. The molecular formula is C16H23NO2. The Labute approximate surface area is 115 Å². The molecule has 0 radical (unpaired) electrons. The van der Waals surface area contributed by atoms with E-state index in [1.807, 2.05) is 12.1 Å². The topological polar surface area (TPSA) is 32.7 Å². The summed E-state index contributed by atoms with van der Waals surface area (Å²) < 4.78 is 5.26. The fourth-order valence-electron chi connectivity index (χ4n) is 3.79. The van der Waals surface area contributed by atoms with Gasteiger partial charge in [-0.2, -0.15) is 0 Å². The van der Waals surface area contributed by atoms with Crippen LogP contribution in [0.4, 0.5) is 0 Å². The second-order valence-electron chi connectivity index (χ2n) is 5.87. The lowest BCUT2D eigenvalue weighted by Crippen LogP contribution is -2.41. The van der Waals surface area contributed by atoms with Crippen LogP contribution >= 0.6 is 0 Å². The largest absolute Gasteiger partial charge is 0.508 e. The number of likely N-dealkylation sites (tertiary alicyclic amines) is 1. The quantitative estimate of drug-likeness (QED) is 0.907. The maximum Gasteiger partial charge on any atom is 0.120 e. The molecule has 1 saturated heterocycles. The number of hydrogen-bond acceptors (Lipinski definition) is 3. The van der Waals surface area contributed by atoms with Crippen LogP contribution in [-0.2, 0) is 6.54 Å². The lowest BCUT2D eigenvalue weighted by molar-refractivity contribution is 0.105. The SMILES string of the molecule is COc1ccc(O)c(CN2CCCC3CCCC32)c1. The number of phenolic OH excluding ortho intramolecular Hbond substituents is 1. The van der Waals surface area contributed by atoms with Crippen molar-refractivity contribution in [3.8, 4) is 11.5 Å². The molecule has 1 aliphatic carbocycles. The highest BCUT2D eigenvalue weighted by atomic mass is 16.5. The predicted octanol–water partition coefficient (Wildman–Crippen LogP) is 3.17. The molecule has 2 aliphatic rings. The van der Waals surface area contributed by atoms with Crippen LogP contribution in [0.2, 0.25) is 0 Å². The normalized spacial score (nSPS) is 27.2. The fraction of sp³-hybridized carbons (Fsp3) is 0.625. The van der Waals surface area contributed by atoms with Gasteiger partial charge in [-0.15, -0.1) is 0 Å². The Hall–Kier alpha value is -1.22. The van der Waals surface area contributed by atoms with E-state index in [1.54, 1.807) is 13.2 Å². The summed E-state index contributed by atoms with van der Waals surface area (Å²) in [5.74, 6) is 2.11. The molecule has 2 fully saturated rings. The number of hydrogen-bond donors (Lipinski definition) is 1. The molecule has 1 heterocycles. The second kappa shape index (κ2) is 5.41. The Morgan fingerprint density at radius 1 is 1.26 bits per heavy atom. The second-order valence-corrected chi connectivity index (χ2v) is 5.87. The average molecular weight is 261 g/mol. The van der Waals surface area contributed by atoms with Gasteiger partial charge in [0.2, 0.25) is 0 Å². The summed E-state index contributed by atoms with van der Waals surface area (Å²) in [5.41, 5.74) is 0.993. The molecular weight excluding hydrogens is 238 g/mol. The molecule has 1 N–H and O–H groups in total. The van der Waals surface area contributed by atoms with Crippen LogP contribution in [-0.4, -0.2) is 29.7 Å². The molecule has 1 aromatic rings. The summed E-state index contributed by atoms with van der Waals surface area (Å²) in [6.07, 6.45) is 6.79. The smallest absolute Gasteiger partial charge is 0.120 e. The van der Waals surface area contributed by atoms with Gasteiger partial charge >= 0.3 is 0 Å². The monoisotopic (exact) mass is 261 g/mol. The van der Waals surface area contributed by atoms with Gasteiger partial charge in [0.15, 0.2) is 0 Å². The Bertz CT molecular complexity index is 446. The number of rotatable bonds is 3. The fourth-order valence-corrected chi connectivity index (χ4v) is 3.79. The number of fused-ring (bicyclic) bond motifs is 1. The molecule has 0 aromatic heterocycles. The Kier molecular flexibility index (Phi) is 3.65. The van der Waals surface area contributed by atoms with Crippen molar-refractivity contribution in [1.82, 2.24) is 4.90 Å². The van der Waals surface area contributed by atoms with Crippen molar-refractivity contribution in [2.24, 2.45) is 5.92 Å². The van der Waals surface area contributed by atoms with Crippen molar-refractivity contribution in [2.75, 3.05) is 13.7 Å². The molecule has 0 bridgehead atoms. The zero-order chi connectivity index (χ0) is 13.2. The highest BCUT2D eigenvalue weighted by Gasteiger charge is 2.34. The van der Waals surface area contributed by atoms with Crippen molar-refractivity contribution in [3.63, 3.8) is 0 Å². The molecule has 1 saturated carbocycles. The van der Waals surface area contributed by atoms with Gasteiger partial charge in [0, 0.05) is 18.2 Å². The molecule has 2 atom stereocenters. The van der Waals surface area contributed by atoms with Crippen molar-refractivity contribution < 1.29 is 9.84 Å². The number of nitrogens with zero attached hydrogens (tertiary/aromatic N) is 1. The van der Waals surface area contributed by atoms with Crippen molar-refractivity contribution in [1.29, 1.82) is 0 Å². The summed E-state index contributed by atoms with van der Waals surface area (Å²) in [6, 6.07) is 6.25.